The molecule has 0 aliphatic heterocycles. The van der Waals surface area contributed by atoms with E-state index in [4.69, 9.17) is 4.74 Å². The van der Waals surface area contributed by atoms with Gasteiger partial charge in [0.05, 0.1) is 16.9 Å². The van der Waals surface area contributed by atoms with E-state index in [-0.39, 0.29) is 6.10 Å². The lowest BCUT2D eigenvalue weighted by atomic mass is 10.4. The van der Waals surface area contributed by atoms with Crippen molar-refractivity contribution in [2.75, 3.05) is 32.6 Å². The minimum Gasteiger partial charge on any atom is -0.391 e. The van der Waals surface area contributed by atoms with Crippen molar-refractivity contribution in [3.8, 4) is 0 Å². The van der Waals surface area contributed by atoms with Crippen LogP contribution in [0.2, 0.25) is 0 Å². The topological polar surface area (TPSA) is 41.5 Å². The number of aliphatic hydroxyl groups excluding tert-OH is 1. The molecular formula is C10H17NO2S2. The Morgan fingerprint density at radius 3 is 3.20 bits per heavy atom. The molecule has 0 amide bonds. The second-order valence-corrected chi connectivity index (χ2v) is 5.36. The molecule has 0 aliphatic carbocycles. The fourth-order valence-electron chi connectivity index (χ4n) is 1.03. The summed E-state index contributed by atoms with van der Waals surface area (Å²) in [6.45, 7) is 2.10. The van der Waals surface area contributed by atoms with Crippen molar-refractivity contribution in [3.63, 3.8) is 0 Å². The molecular weight excluding hydrogens is 230 g/mol. The maximum absolute atomic E-state index is 9.63. The molecule has 1 rings (SSSR count). The van der Waals surface area contributed by atoms with Gasteiger partial charge in [0.15, 0.2) is 0 Å². The molecule has 1 unspecified atom stereocenters. The summed E-state index contributed by atoms with van der Waals surface area (Å²) in [5.41, 5.74) is 0. The second-order valence-electron chi connectivity index (χ2n) is 3.09. The summed E-state index contributed by atoms with van der Waals surface area (Å²) in [7, 11) is 1.67. The lowest BCUT2D eigenvalue weighted by molar-refractivity contribution is 0.175. The maximum atomic E-state index is 9.63. The van der Waals surface area contributed by atoms with E-state index in [1.807, 2.05) is 11.4 Å². The van der Waals surface area contributed by atoms with Crippen LogP contribution >= 0.6 is 23.1 Å². The number of methoxy groups -OCH3 is 1. The van der Waals surface area contributed by atoms with Crippen molar-refractivity contribution >= 4 is 23.1 Å². The van der Waals surface area contributed by atoms with Crippen molar-refractivity contribution in [1.82, 2.24) is 5.32 Å². The van der Waals surface area contributed by atoms with Crippen molar-refractivity contribution in [3.05, 3.63) is 17.5 Å². The first-order chi connectivity index (χ1) is 7.33. The van der Waals surface area contributed by atoms with Crippen LogP contribution in [0.3, 0.4) is 0 Å². The Balaban J connectivity index is 2.01. The third kappa shape index (κ3) is 6.17. The van der Waals surface area contributed by atoms with E-state index in [0.717, 1.165) is 12.3 Å². The van der Waals surface area contributed by atoms with Gasteiger partial charge in [0.1, 0.15) is 0 Å². The van der Waals surface area contributed by atoms with Crippen LogP contribution in [0, 0.1) is 0 Å². The van der Waals surface area contributed by atoms with Crippen LogP contribution in [0.15, 0.2) is 21.7 Å². The first kappa shape index (κ1) is 13.0. The van der Waals surface area contributed by atoms with Crippen molar-refractivity contribution in [2.45, 2.75) is 10.3 Å². The molecule has 0 aromatic carbocycles. The zero-order valence-electron chi connectivity index (χ0n) is 8.81. The minimum absolute atomic E-state index is 0.297. The molecule has 0 saturated carbocycles. The molecule has 1 aromatic rings. The van der Waals surface area contributed by atoms with Crippen molar-refractivity contribution < 1.29 is 9.84 Å². The number of thiophene rings is 1. The molecule has 15 heavy (non-hydrogen) atoms. The summed E-state index contributed by atoms with van der Waals surface area (Å²) in [5, 5.41) is 14.8. The molecule has 1 aromatic heterocycles. The average molecular weight is 247 g/mol. The predicted molar refractivity (Wildman–Crippen MR) is 65.8 cm³/mol. The van der Waals surface area contributed by atoms with Gasteiger partial charge in [-0.1, -0.05) is 6.07 Å². The lowest BCUT2D eigenvalue weighted by Crippen LogP contribution is -2.30. The summed E-state index contributed by atoms with van der Waals surface area (Å²) in [6, 6.07) is 4.09. The highest BCUT2D eigenvalue weighted by molar-refractivity contribution is 8.01. The zero-order valence-corrected chi connectivity index (χ0v) is 10.4. The third-order valence-electron chi connectivity index (χ3n) is 1.78. The highest BCUT2D eigenvalue weighted by atomic mass is 32.2. The zero-order chi connectivity index (χ0) is 10.9. The number of hydrogen-bond donors (Lipinski definition) is 2. The summed E-state index contributed by atoms with van der Waals surface area (Å²) in [4.78, 5) is 0. The number of rotatable bonds is 8. The molecule has 0 radical (unpaired) electrons. The van der Waals surface area contributed by atoms with Gasteiger partial charge in [0, 0.05) is 26.0 Å². The summed E-state index contributed by atoms with van der Waals surface area (Å²) < 4.78 is 6.15. The Morgan fingerprint density at radius 1 is 1.67 bits per heavy atom. The average Bonchev–Trinajstić information content (AvgIpc) is 2.74. The van der Waals surface area contributed by atoms with Gasteiger partial charge in [-0.25, -0.2) is 0 Å². The first-order valence-corrected chi connectivity index (χ1v) is 6.73. The van der Waals surface area contributed by atoms with E-state index in [1.54, 1.807) is 30.2 Å². The number of ether oxygens (including phenoxy) is 1. The molecule has 2 N–H and O–H groups in total. The minimum atomic E-state index is -0.297. The number of thioether (sulfide) groups is 1. The smallest absolute Gasteiger partial charge is 0.0758 e. The summed E-state index contributed by atoms with van der Waals surface area (Å²) in [5.74, 6) is 0.737. The molecule has 0 fully saturated rings. The summed E-state index contributed by atoms with van der Waals surface area (Å²) in [6.07, 6.45) is -0.297. The number of hydrogen-bond acceptors (Lipinski definition) is 5. The fraction of sp³-hybridized carbons (Fsp3) is 0.600. The maximum Gasteiger partial charge on any atom is 0.0758 e. The van der Waals surface area contributed by atoms with Crippen LogP contribution in [0.1, 0.15) is 0 Å². The molecule has 1 atom stereocenters. The van der Waals surface area contributed by atoms with Gasteiger partial charge in [-0.05, 0) is 11.4 Å². The molecule has 86 valence electrons. The molecule has 0 bridgehead atoms. The number of aliphatic hydroxyl groups is 1. The van der Waals surface area contributed by atoms with Crippen LogP contribution in [-0.4, -0.2) is 43.8 Å². The molecule has 3 nitrogen and oxygen atoms in total. The SMILES string of the molecule is COCCNCC(O)CSc1cccs1. The van der Waals surface area contributed by atoms with Crippen LogP contribution < -0.4 is 5.32 Å². The Kier molecular flexibility index (Phi) is 7.04. The van der Waals surface area contributed by atoms with Gasteiger partial charge in [0.25, 0.3) is 0 Å². The fourth-order valence-corrected chi connectivity index (χ4v) is 2.77. The van der Waals surface area contributed by atoms with Gasteiger partial charge in [-0.15, -0.1) is 23.1 Å². The van der Waals surface area contributed by atoms with E-state index in [9.17, 15) is 5.11 Å². The lowest BCUT2D eigenvalue weighted by Gasteiger charge is -2.10. The van der Waals surface area contributed by atoms with E-state index < -0.39 is 0 Å². The number of nitrogens with one attached hydrogen (secondary N) is 1. The van der Waals surface area contributed by atoms with E-state index in [2.05, 4.69) is 11.4 Å². The molecule has 0 saturated heterocycles. The largest absolute Gasteiger partial charge is 0.391 e. The van der Waals surface area contributed by atoms with Crippen LogP contribution in [0.5, 0.6) is 0 Å². The van der Waals surface area contributed by atoms with Gasteiger partial charge in [-0.2, -0.15) is 0 Å². The van der Waals surface area contributed by atoms with Crippen molar-refractivity contribution in [2.24, 2.45) is 0 Å². The van der Waals surface area contributed by atoms with Gasteiger partial charge in [-0.3, -0.25) is 0 Å². The molecule has 0 aliphatic rings. The Labute approximate surface area is 98.8 Å². The highest BCUT2D eigenvalue weighted by Crippen LogP contribution is 2.23. The van der Waals surface area contributed by atoms with E-state index in [1.165, 1.54) is 4.21 Å². The van der Waals surface area contributed by atoms with Crippen LogP contribution in [0.25, 0.3) is 0 Å². The molecule has 5 heteroatoms. The standard InChI is InChI=1S/C10H17NO2S2/c1-13-5-4-11-7-9(12)8-15-10-3-2-6-14-10/h2-3,6,9,11-12H,4-5,7-8H2,1H3. The molecule has 1 heterocycles. The van der Waals surface area contributed by atoms with E-state index >= 15 is 0 Å². The van der Waals surface area contributed by atoms with E-state index in [0.29, 0.717) is 13.2 Å². The quantitative estimate of drug-likeness (QED) is 0.539. The van der Waals surface area contributed by atoms with Gasteiger partial charge < -0.3 is 15.2 Å². The Hall–Kier alpha value is -0.0700. The Bertz CT molecular complexity index is 242. The highest BCUT2D eigenvalue weighted by Gasteiger charge is 2.04. The Morgan fingerprint density at radius 2 is 2.53 bits per heavy atom. The van der Waals surface area contributed by atoms with Gasteiger partial charge in [0.2, 0.25) is 0 Å². The third-order valence-corrected chi connectivity index (χ3v) is 4.05. The van der Waals surface area contributed by atoms with Gasteiger partial charge >= 0.3 is 0 Å². The summed E-state index contributed by atoms with van der Waals surface area (Å²) >= 11 is 3.40. The first-order valence-electron chi connectivity index (χ1n) is 4.87. The normalized spacial score (nSPS) is 12.9. The monoisotopic (exact) mass is 247 g/mol. The molecule has 0 spiro atoms. The van der Waals surface area contributed by atoms with Crippen LogP contribution in [-0.2, 0) is 4.74 Å². The predicted octanol–water partition coefficient (Wildman–Crippen LogP) is 1.44. The van der Waals surface area contributed by atoms with Crippen molar-refractivity contribution in [1.29, 1.82) is 0 Å². The van der Waals surface area contributed by atoms with Crippen LogP contribution in [0.4, 0.5) is 0 Å². The second kappa shape index (κ2) is 8.13.